The Balaban J connectivity index is 2.37. The highest BCUT2D eigenvalue weighted by atomic mass is 79.9. The third kappa shape index (κ3) is 1.72. The number of halogens is 1. The summed E-state index contributed by atoms with van der Waals surface area (Å²) in [5.41, 5.74) is 0. The zero-order valence-electron chi connectivity index (χ0n) is 8.48. The molecule has 0 fully saturated rings. The quantitative estimate of drug-likeness (QED) is 0.541. The van der Waals surface area contributed by atoms with Crippen LogP contribution in [0.5, 0.6) is 0 Å². The molecule has 2 heteroatoms. The van der Waals surface area contributed by atoms with Crippen LogP contribution < -0.4 is 0 Å². The minimum atomic E-state index is 1.24. The lowest BCUT2D eigenvalue weighted by atomic mass is 10.0. The monoisotopic (exact) mass is 288 g/mol. The molecule has 78 valence electrons. The maximum absolute atomic E-state index is 3.41. The van der Waals surface area contributed by atoms with Crippen molar-refractivity contribution in [2.24, 2.45) is 0 Å². The molecule has 0 aliphatic rings. The number of hydrogen-bond acceptors (Lipinski definition) is 1. The van der Waals surface area contributed by atoms with Crippen molar-refractivity contribution in [3.05, 3.63) is 54.6 Å². The summed E-state index contributed by atoms with van der Waals surface area (Å²) in [5.74, 6) is 0. The zero-order valence-corrected chi connectivity index (χ0v) is 10.9. The number of fused-ring (bicyclic) bond motifs is 2. The highest BCUT2D eigenvalue weighted by molar-refractivity contribution is 9.50. The van der Waals surface area contributed by atoms with E-state index in [1.165, 1.54) is 26.4 Å². The van der Waals surface area contributed by atoms with Gasteiger partial charge in [0.25, 0.3) is 0 Å². The van der Waals surface area contributed by atoms with Crippen LogP contribution >= 0.6 is 25.0 Å². The Morgan fingerprint density at radius 3 is 2.00 bits per heavy atom. The molecule has 0 N–H and O–H groups in total. The van der Waals surface area contributed by atoms with Gasteiger partial charge in [0.15, 0.2) is 0 Å². The van der Waals surface area contributed by atoms with E-state index in [4.69, 9.17) is 0 Å². The van der Waals surface area contributed by atoms with Crippen LogP contribution in [0.25, 0.3) is 21.5 Å². The molecule has 0 aliphatic carbocycles. The summed E-state index contributed by atoms with van der Waals surface area (Å²) in [4.78, 5) is 1.24. The summed E-state index contributed by atoms with van der Waals surface area (Å²) < 4.78 is 0. The van der Waals surface area contributed by atoms with Crippen molar-refractivity contribution >= 4 is 46.6 Å². The van der Waals surface area contributed by atoms with Crippen LogP contribution in [0.1, 0.15) is 0 Å². The molecular weight excluding hydrogens is 280 g/mol. The largest absolute Gasteiger partial charge is 0.0616 e. The summed E-state index contributed by atoms with van der Waals surface area (Å²) >= 11 is 3.41. The molecule has 0 atom stereocenters. The van der Waals surface area contributed by atoms with E-state index >= 15 is 0 Å². The maximum atomic E-state index is 3.41. The Hall–Kier alpha value is -0.990. The number of hydrogen-bond donors (Lipinski definition) is 0. The lowest BCUT2D eigenvalue weighted by Crippen LogP contribution is -1.76. The van der Waals surface area contributed by atoms with E-state index in [2.05, 4.69) is 69.4 Å². The summed E-state index contributed by atoms with van der Waals surface area (Å²) in [6.45, 7) is 0. The molecule has 16 heavy (non-hydrogen) atoms. The maximum Gasteiger partial charge on any atom is 0.0194 e. The van der Waals surface area contributed by atoms with Gasteiger partial charge in [0, 0.05) is 4.90 Å². The van der Waals surface area contributed by atoms with E-state index in [0.717, 1.165) is 0 Å². The van der Waals surface area contributed by atoms with Gasteiger partial charge in [-0.1, -0.05) is 30.3 Å². The predicted octanol–water partition coefficient (Wildman–Crippen LogP) is 5.40. The molecule has 0 saturated carbocycles. The van der Waals surface area contributed by atoms with Crippen LogP contribution in [0, 0.1) is 0 Å². The van der Waals surface area contributed by atoms with E-state index in [1.54, 1.807) is 10.2 Å². The second kappa shape index (κ2) is 4.11. The van der Waals surface area contributed by atoms with Gasteiger partial charge in [-0.15, -0.1) is 0 Å². The Morgan fingerprint density at radius 2 is 1.31 bits per heavy atom. The minimum Gasteiger partial charge on any atom is -0.0616 e. The molecule has 0 radical (unpaired) electrons. The Bertz CT molecular complexity index is 661. The van der Waals surface area contributed by atoms with E-state index in [9.17, 15) is 0 Å². The van der Waals surface area contributed by atoms with Crippen LogP contribution in [-0.2, 0) is 0 Å². The fraction of sp³-hybridized carbons (Fsp3) is 0. The lowest BCUT2D eigenvalue weighted by Gasteiger charge is -2.03. The average molecular weight is 289 g/mol. The van der Waals surface area contributed by atoms with E-state index < -0.39 is 0 Å². The van der Waals surface area contributed by atoms with Crippen LogP contribution in [0.2, 0.25) is 0 Å². The number of benzene rings is 3. The first-order valence-corrected chi connectivity index (χ1v) is 7.74. The second-order valence-corrected chi connectivity index (χ2v) is 5.38. The Kier molecular flexibility index (Phi) is 2.62. The van der Waals surface area contributed by atoms with Gasteiger partial charge >= 0.3 is 0 Å². The zero-order chi connectivity index (χ0) is 11.0. The van der Waals surface area contributed by atoms with Gasteiger partial charge in [0.2, 0.25) is 0 Å². The molecule has 0 amide bonds. The van der Waals surface area contributed by atoms with Gasteiger partial charge in [-0.05, 0) is 70.8 Å². The van der Waals surface area contributed by atoms with Crippen LogP contribution in [0.3, 0.4) is 0 Å². The molecule has 0 unspecified atom stereocenters. The molecule has 0 saturated heterocycles. The fourth-order valence-electron chi connectivity index (χ4n) is 1.97. The molecule has 0 aromatic heterocycles. The van der Waals surface area contributed by atoms with Gasteiger partial charge in [0.1, 0.15) is 0 Å². The van der Waals surface area contributed by atoms with Crippen molar-refractivity contribution in [1.82, 2.24) is 0 Å². The molecular formula is C14H9BrS. The Labute approximate surface area is 106 Å². The van der Waals surface area contributed by atoms with Crippen molar-refractivity contribution in [1.29, 1.82) is 0 Å². The molecule has 0 nitrogen and oxygen atoms in total. The van der Waals surface area contributed by atoms with Gasteiger partial charge < -0.3 is 0 Å². The molecule has 0 spiro atoms. The third-order valence-corrected chi connectivity index (χ3v) is 4.32. The summed E-state index contributed by atoms with van der Waals surface area (Å²) in [7, 11) is 1.60. The van der Waals surface area contributed by atoms with Crippen LogP contribution in [0.15, 0.2) is 59.5 Å². The van der Waals surface area contributed by atoms with Crippen molar-refractivity contribution < 1.29 is 0 Å². The predicted molar refractivity (Wildman–Crippen MR) is 76.2 cm³/mol. The smallest absolute Gasteiger partial charge is 0.0194 e. The van der Waals surface area contributed by atoms with Crippen LogP contribution in [0.4, 0.5) is 0 Å². The second-order valence-electron chi connectivity index (χ2n) is 3.79. The summed E-state index contributed by atoms with van der Waals surface area (Å²) in [6, 6.07) is 19.5. The highest BCUT2D eigenvalue weighted by Crippen LogP contribution is 2.29. The summed E-state index contributed by atoms with van der Waals surface area (Å²) in [6.07, 6.45) is 0. The van der Waals surface area contributed by atoms with Crippen molar-refractivity contribution in [3.8, 4) is 0 Å². The molecule has 0 heterocycles. The number of rotatable bonds is 1. The van der Waals surface area contributed by atoms with Crippen molar-refractivity contribution in [2.45, 2.75) is 4.90 Å². The molecule has 3 rings (SSSR count). The van der Waals surface area contributed by atoms with Gasteiger partial charge in [-0.25, -0.2) is 0 Å². The van der Waals surface area contributed by atoms with E-state index in [-0.39, 0.29) is 0 Å². The van der Waals surface area contributed by atoms with Crippen LogP contribution in [-0.4, -0.2) is 0 Å². The van der Waals surface area contributed by atoms with Crippen molar-refractivity contribution in [2.75, 3.05) is 0 Å². The first kappa shape index (κ1) is 10.2. The normalized spacial score (nSPS) is 11.1. The molecule has 0 bridgehead atoms. The molecule has 3 aromatic carbocycles. The third-order valence-electron chi connectivity index (χ3n) is 2.77. The average Bonchev–Trinajstić information content (AvgIpc) is 2.35. The van der Waals surface area contributed by atoms with Gasteiger partial charge in [-0.3, -0.25) is 0 Å². The first-order chi connectivity index (χ1) is 7.86. The SMILES string of the molecule is BrSc1ccc2cc3ccccc3cc2c1. The molecule has 0 aliphatic heterocycles. The van der Waals surface area contributed by atoms with E-state index in [1.807, 2.05) is 0 Å². The minimum absolute atomic E-state index is 1.24. The molecule has 3 aromatic rings. The van der Waals surface area contributed by atoms with Gasteiger partial charge in [0.05, 0.1) is 0 Å². The standard InChI is InChI=1S/C14H9BrS/c15-16-14-6-5-12-7-10-3-1-2-4-11(10)8-13(12)9-14/h1-9H. The van der Waals surface area contributed by atoms with Gasteiger partial charge in [-0.2, -0.15) is 0 Å². The first-order valence-electron chi connectivity index (χ1n) is 5.08. The lowest BCUT2D eigenvalue weighted by molar-refractivity contribution is 1.53. The summed E-state index contributed by atoms with van der Waals surface area (Å²) in [5, 5.41) is 5.19. The topological polar surface area (TPSA) is 0 Å². The Morgan fingerprint density at radius 1 is 0.688 bits per heavy atom. The van der Waals surface area contributed by atoms with Crippen molar-refractivity contribution in [3.63, 3.8) is 0 Å². The fourth-order valence-corrected chi connectivity index (χ4v) is 2.86. The van der Waals surface area contributed by atoms with E-state index in [0.29, 0.717) is 0 Å². The highest BCUT2D eigenvalue weighted by Gasteiger charge is 1.99.